The fourth-order valence-corrected chi connectivity index (χ4v) is 2.80. The van der Waals surface area contributed by atoms with Crippen molar-refractivity contribution >= 4 is 17.7 Å². The Morgan fingerprint density at radius 3 is 2.67 bits per heavy atom. The lowest BCUT2D eigenvalue weighted by Gasteiger charge is -2.24. The lowest BCUT2D eigenvalue weighted by Crippen LogP contribution is -2.35. The second kappa shape index (κ2) is 6.14. The molecule has 1 heterocycles. The molecule has 116 valence electrons. The lowest BCUT2D eigenvalue weighted by molar-refractivity contribution is 0.0292. The maximum Gasteiger partial charge on any atom is 0.410 e. The molecule has 1 saturated heterocycles. The van der Waals surface area contributed by atoms with Crippen molar-refractivity contribution in [2.45, 2.75) is 38.7 Å². The van der Waals surface area contributed by atoms with Crippen molar-refractivity contribution in [2.24, 2.45) is 0 Å². The minimum absolute atomic E-state index is 0.246. The van der Waals surface area contributed by atoms with E-state index >= 15 is 0 Å². The fraction of sp³-hybridized carbons (Fsp3) is 0.562. The Balaban J connectivity index is 2.04. The Bertz CT molecular complexity index is 525. The van der Waals surface area contributed by atoms with Gasteiger partial charge >= 0.3 is 6.09 Å². The van der Waals surface area contributed by atoms with Crippen molar-refractivity contribution in [3.63, 3.8) is 0 Å². The van der Waals surface area contributed by atoms with Crippen LogP contribution in [0.15, 0.2) is 18.2 Å². The van der Waals surface area contributed by atoms with Gasteiger partial charge in [-0.05, 0) is 44.9 Å². The average Bonchev–Trinajstić information content (AvgIpc) is 2.86. The maximum absolute atomic E-state index is 12.1. The van der Waals surface area contributed by atoms with Crippen molar-refractivity contribution in [2.75, 3.05) is 20.2 Å². The number of carbonyl (C=O) groups excluding carboxylic acids is 1. The molecule has 1 fully saturated rings. The predicted molar refractivity (Wildman–Crippen MR) is 83.2 cm³/mol. The van der Waals surface area contributed by atoms with Crippen molar-refractivity contribution in [1.29, 1.82) is 0 Å². The highest BCUT2D eigenvalue weighted by atomic mass is 35.5. The zero-order chi connectivity index (χ0) is 15.6. The van der Waals surface area contributed by atoms with Crippen LogP contribution in [0, 0.1) is 0 Å². The summed E-state index contributed by atoms with van der Waals surface area (Å²) in [7, 11) is 1.62. The molecule has 1 aliphatic heterocycles. The molecular weight excluding hydrogens is 290 g/mol. The van der Waals surface area contributed by atoms with Crippen LogP contribution in [0.4, 0.5) is 4.79 Å². The number of likely N-dealkylation sites (tertiary alicyclic amines) is 1. The van der Waals surface area contributed by atoms with E-state index in [9.17, 15) is 4.79 Å². The zero-order valence-electron chi connectivity index (χ0n) is 13.0. The highest BCUT2D eigenvalue weighted by Crippen LogP contribution is 2.34. The van der Waals surface area contributed by atoms with Gasteiger partial charge in [-0.2, -0.15) is 0 Å². The van der Waals surface area contributed by atoms with Crippen LogP contribution in [-0.4, -0.2) is 36.8 Å². The van der Waals surface area contributed by atoms with Crippen LogP contribution in [0.3, 0.4) is 0 Å². The Morgan fingerprint density at radius 2 is 2.10 bits per heavy atom. The first kappa shape index (κ1) is 16.0. The lowest BCUT2D eigenvalue weighted by atomic mass is 9.98. The highest BCUT2D eigenvalue weighted by Gasteiger charge is 2.31. The summed E-state index contributed by atoms with van der Waals surface area (Å²) >= 11 is 6.31. The Kier molecular flexibility index (Phi) is 4.67. The molecule has 0 aliphatic carbocycles. The molecule has 2 rings (SSSR count). The van der Waals surface area contributed by atoms with E-state index in [-0.39, 0.29) is 12.0 Å². The second-order valence-electron chi connectivity index (χ2n) is 6.30. The maximum atomic E-state index is 12.1. The van der Waals surface area contributed by atoms with Crippen molar-refractivity contribution in [1.82, 2.24) is 4.90 Å². The first-order valence-corrected chi connectivity index (χ1v) is 7.49. The van der Waals surface area contributed by atoms with Gasteiger partial charge in [0.2, 0.25) is 0 Å². The molecule has 0 radical (unpaired) electrons. The molecule has 1 aromatic rings. The van der Waals surface area contributed by atoms with Gasteiger partial charge in [-0.25, -0.2) is 4.79 Å². The standard InChI is InChI=1S/C16H22ClNO3/c1-16(2,3)21-15(19)18-8-7-11(10-18)13-6-5-12(20-4)9-14(13)17/h5-6,9,11H,7-8,10H2,1-4H3. The summed E-state index contributed by atoms with van der Waals surface area (Å²) in [5.74, 6) is 0.988. The summed E-state index contributed by atoms with van der Waals surface area (Å²) in [5.41, 5.74) is 0.593. The van der Waals surface area contributed by atoms with Gasteiger partial charge in [-0.15, -0.1) is 0 Å². The van der Waals surface area contributed by atoms with Gasteiger partial charge in [0.25, 0.3) is 0 Å². The van der Waals surface area contributed by atoms with Gasteiger partial charge in [-0.1, -0.05) is 17.7 Å². The van der Waals surface area contributed by atoms with Gasteiger partial charge < -0.3 is 14.4 Å². The average molecular weight is 312 g/mol. The minimum Gasteiger partial charge on any atom is -0.497 e. The summed E-state index contributed by atoms with van der Waals surface area (Å²) in [5, 5.41) is 0.686. The third-order valence-electron chi connectivity index (χ3n) is 3.49. The number of benzene rings is 1. The molecule has 5 heteroatoms. The SMILES string of the molecule is COc1ccc(C2CCN(C(=O)OC(C)(C)C)C2)c(Cl)c1. The molecule has 4 nitrogen and oxygen atoms in total. The summed E-state index contributed by atoms with van der Waals surface area (Å²) in [6.45, 7) is 6.96. The van der Waals surface area contributed by atoms with Gasteiger partial charge in [0, 0.05) is 24.0 Å². The summed E-state index contributed by atoms with van der Waals surface area (Å²) in [6, 6.07) is 5.69. The van der Waals surface area contributed by atoms with Crippen LogP contribution in [0.1, 0.15) is 38.7 Å². The van der Waals surface area contributed by atoms with Crippen LogP contribution in [0.2, 0.25) is 5.02 Å². The minimum atomic E-state index is -0.465. The summed E-state index contributed by atoms with van der Waals surface area (Å²) in [6.07, 6.45) is 0.639. The number of nitrogens with zero attached hydrogens (tertiary/aromatic N) is 1. The van der Waals surface area contributed by atoms with Crippen LogP contribution in [-0.2, 0) is 4.74 Å². The van der Waals surface area contributed by atoms with Crippen LogP contribution >= 0.6 is 11.6 Å². The Hall–Kier alpha value is -1.42. The molecular formula is C16H22ClNO3. The molecule has 1 aliphatic rings. The van der Waals surface area contributed by atoms with E-state index in [1.165, 1.54) is 0 Å². The van der Waals surface area contributed by atoms with Gasteiger partial charge in [0.05, 0.1) is 7.11 Å². The number of amides is 1. The molecule has 0 N–H and O–H groups in total. The molecule has 0 saturated carbocycles. The molecule has 0 spiro atoms. The second-order valence-corrected chi connectivity index (χ2v) is 6.71. The Labute approximate surface area is 131 Å². The van der Waals surface area contributed by atoms with E-state index in [2.05, 4.69) is 0 Å². The predicted octanol–water partition coefficient (Wildman–Crippen LogP) is 4.07. The number of ether oxygens (including phenoxy) is 2. The molecule has 0 aromatic heterocycles. The Morgan fingerprint density at radius 1 is 1.38 bits per heavy atom. The number of methoxy groups -OCH3 is 1. The van der Waals surface area contributed by atoms with Crippen LogP contribution in [0.25, 0.3) is 0 Å². The number of hydrogen-bond donors (Lipinski definition) is 0. The highest BCUT2D eigenvalue weighted by molar-refractivity contribution is 6.31. The van der Waals surface area contributed by atoms with Crippen molar-refractivity contribution < 1.29 is 14.3 Å². The van der Waals surface area contributed by atoms with E-state index in [0.717, 1.165) is 17.7 Å². The largest absolute Gasteiger partial charge is 0.497 e. The number of halogens is 1. The van der Waals surface area contributed by atoms with Crippen molar-refractivity contribution in [3.05, 3.63) is 28.8 Å². The van der Waals surface area contributed by atoms with E-state index in [0.29, 0.717) is 18.1 Å². The third kappa shape index (κ3) is 4.03. The smallest absolute Gasteiger partial charge is 0.410 e. The zero-order valence-corrected chi connectivity index (χ0v) is 13.7. The van der Waals surface area contributed by atoms with Crippen LogP contribution < -0.4 is 4.74 Å². The summed E-state index contributed by atoms with van der Waals surface area (Å²) in [4.78, 5) is 13.8. The topological polar surface area (TPSA) is 38.8 Å². The first-order chi connectivity index (χ1) is 9.80. The fourth-order valence-electron chi connectivity index (χ4n) is 2.47. The van der Waals surface area contributed by atoms with Crippen molar-refractivity contribution in [3.8, 4) is 5.75 Å². The molecule has 1 amide bonds. The molecule has 1 aromatic carbocycles. The number of hydrogen-bond acceptors (Lipinski definition) is 3. The van der Waals surface area contributed by atoms with E-state index < -0.39 is 5.60 Å². The van der Waals surface area contributed by atoms with Gasteiger partial charge in [0.15, 0.2) is 0 Å². The quantitative estimate of drug-likeness (QED) is 0.826. The van der Waals surface area contributed by atoms with E-state index in [1.54, 1.807) is 12.0 Å². The normalized spacial score (nSPS) is 18.7. The summed E-state index contributed by atoms with van der Waals surface area (Å²) < 4.78 is 10.6. The molecule has 21 heavy (non-hydrogen) atoms. The third-order valence-corrected chi connectivity index (χ3v) is 3.81. The monoisotopic (exact) mass is 311 g/mol. The number of carbonyl (C=O) groups is 1. The molecule has 0 bridgehead atoms. The first-order valence-electron chi connectivity index (χ1n) is 7.11. The molecule has 1 unspecified atom stereocenters. The molecule has 1 atom stereocenters. The number of rotatable bonds is 2. The van der Waals surface area contributed by atoms with E-state index in [1.807, 2.05) is 39.0 Å². The van der Waals surface area contributed by atoms with Crippen LogP contribution in [0.5, 0.6) is 5.75 Å². The van der Waals surface area contributed by atoms with Gasteiger partial charge in [-0.3, -0.25) is 0 Å². The van der Waals surface area contributed by atoms with Gasteiger partial charge in [0.1, 0.15) is 11.4 Å². The van der Waals surface area contributed by atoms with E-state index in [4.69, 9.17) is 21.1 Å².